The monoisotopic (exact) mass is 274 g/mol. The Hall–Kier alpha value is -1.95. The fraction of sp³-hybridized carbons (Fsp3) is 0.308. The Morgan fingerprint density at radius 1 is 1.26 bits per heavy atom. The van der Waals surface area contributed by atoms with Gasteiger partial charge in [-0.2, -0.15) is 0 Å². The summed E-state index contributed by atoms with van der Waals surface area (Å²) >= 11 is 1.69. The van der Waals surface area contributed by atoms with Gasteiger partial charge in [0.15, 0.2) is 0 Å². The van der Waals surface area contributed by atoms with E-state index in [4.69, 9.17) is 4.52 Å². The molecule has 98 valence electrons. The minimum absolute atomic E-state index is 0.600. The van der Waals surface area contributed by atoms with Crippen molar-refractivity contribution in [1.82, 2.24) is 15.1 Å². The largest absolute Gasteiger partial charge is 0.364 e. The van der Waals surface area contributed by atoms with Crippen molar-refractivity contribution < 1.29 is 4.52 Å². The molecule has 6 heteroatoms. The molecule has 0 aliphatic rings. The number of hydrogen-bond acceptors (Lipinski definition) is 6. The first-order valence-corrected chi connectivity index (χ1v) is 6.83. The van der Waals surface area contributed by atoms with E-state index in [0.29, 0.717) is 6.54 Å². The molecule has 0 aromatic carbocycles. The van der Waals surface area contributed by atoms with Crippen molar-refractivity contribution in [1.29, 1.82) is 0 Å². The van der Waals surface area contributed by atoms with Crippen LogP contribution in [0.4, 0.5) is 5.82 Å². The van der Waals surface area contributed by atoms with Gasteiger partial charge in [0, 0.05) is 10.4 Å². The highest BCUT2D eigenvalue weighted by Crippen LogP contribution is 2.32. The van der Waals surface area contributed by atoms with Crippen LogP contribution in [0.2, 0.25) is 0 Å². The van der Waals surface area contributed by atoms with Gasteiger partial charge in [-0.15, -0.1) is 11.3 Å². The Bertz CT molecular complexity index is 731. The maximum Gasteiger partial charge on any atom is 0.138 e. The van der Waals surface area contributed by atoms with Gasteiger partial charge >= 0.3 is 0 Å². The Kier molecular flexibility index (Phi) is 2.94. The molecule has 0 amide bonds. The fourth-order valence-electron chi connectivity index (χ4n) is 1.96. The van der Waals surface area contributed by atoms with E-state index in [9.17, 15) is 0 Å². The first-order valence-electron chi connectivity index (χ1n) is 6.01. The van der Waals surface area contributed by atoms with Crippen molar-refractivity contribution in [3.05, 3.63) is 34.3 Å². The standard InChI is InChI=1S/C13H14N4OS/c1-7-5-18-17-10(7)4-14-12-11-8(2)9(3)19-13(11)16-6-15-12/h5-6H,4H2,1-3H3,(H,14,15,16). The molecule has 19 heavy (non-hydrogen) atoms. The summed E-state index contributed by atoms with van der Waals surface area (Å²) in [5, 5.41) is 8.38. The lowest BCUT2D eigenvalue weighted by Gasteiger charge is -2.05. The maximum absolute atomic E-state index is 4.93. The highest BCUT2D eigenvalue weighted by molar-refractivity contribution is 7.18. The second-order valence-corrected chi connectivity index (χ2v) is 5.69. The molecule has 0 bridgehead atoms. The van der Waals surface area contributed by atoms with E-state index in [1.54, 1.807) is 23.9 Å². The van der Waals surface area contributed by atoms with E-state index in [0.717, 1.165) is 27.3 Å². The number of nitrogens with one attached hydrogen (secondary N) is 1. The van der Waals surface area contributed by atoms with E-state index < -0.39 is 0 Å². The molecule has 3 rings (SSSR count). The van der Waals surface area contributed by atoms with Crippen LogP contribution in [0.1, 0.15) is 21.7 Å². The van der Waals surface area contributed by atoms with E-state index in [1.165, 1.54) is 10.4 Å². The average Bonchev–Trinajstić information content (AvgIpc) is 2.92. The molecule has 0 saturated carbocycles. The predicted octanol–water partition coefficient (Wildman–Crippen LogP) is 3.22. The van der Waals surface area contributed by atoms with Crippen molar-refractivity contribution >= 4 is 27.4 Å². The molecule has 3 aromatic heterocycles. The van der Waals surface area contributed by atoms with Crippen LogP contribution >= 0.6 is 11.3 Å². The van der Waals surface area contributed by atoms with E-state index in [-0.39, 0.29) is 0 Å². The summed E-state index contributed by atoms with van der Waals surface area (Å²) in [6, 6.07) is 0. The van der Waals surface area contributed by atoms with Gasteiger partial charge in [-0.25, -0.2) is 9.97 Å². The molecule has 3 heterocycles. The zero-order valence-corrected chi connectivity index (χ0v) is 11.8. The van der Waals surface area contributed by atoms with Crippen molar-refractivity contribution in [2.24, 2.45) is 0 Å². The normalized spacial score (nSPS) is 11.1. The van der Waals surface area contributed by atoms with Crippen LogP contribution in [-0.4, -0.2) is 15.1 Å². The summed E-state index contributed by atoms with van der Waals surface area (Å²) in [5.41, 5.74) is 3.17. The molecule has 0 aliphatic carbocycles. The van der Waals surface area contributed by atoms with Gasteiger partial charge in [-0.05, 0) is 26.3 Å². The lowest BCUT2D eigenvalue weighted by Crippen LogP contribution is -2.03. The topological polar surface area (TPSA) is 63.8 Å². The molecule has 0 saturated heterocycles. The fourth-order valence-corrected chi connectivity index (χ4v) is 2.96. The molecule has 0 atom stereocenters. The van der Waals surface area contributed by atoms with E-state index in [2.05, 4.69) is 34.3 Å². The van der Waals surface area contributed by atoms with E-state index >= 15 is 0 Å². The van der Waals surface area contributed by atoms with Gasteiger partial charge in [0.25, 0.3) is 0 Å². The molecule has 0 aliphatic heterocycles. The zero-order chi connectivity index (χ0) is 13.4. The molecule has 3 aromatic rings. The summed E-state index contributed by atoms with van der Waals surface area (Å²) in [5.74, 6) is 0.856. The van der Waals surface area contributed by atoms with Gasteiger partial charge in [0.2, 0.25) is 0 Å². The SMILES string of the molecule is Cc1conc1CNc1ncnc2sc(C)c(C)c12. The Morgan fingerprint density at radius 3 is 2.84 bits per heavy atom. The van der Waals surface area contributed by atoms with Crippen molar-refractivity contribution in [2.75, 3.05) is 5.32 Å². The summed E-state index contributed by atoms with van der Waals surface area (Å²) in [6.07, 6.45) is 3.24. The van der Waals surface area contributed by atoms with Crippen LogP contribution < -0.4 is 5.32 Å². The van der Waals surface area contributed by atoms with Gasteiger partial charge in [-0.3, -0.25) is 0 Å². The van der Waals surface area contributed by atoms with Crippen molar-refractivity contribution in [2.45, 2.75) is 27.3 Å². The van der Waals surface area contributed by atoms with Crippen LogP contribution in [0.5, 0.6) is 0 Å². The molecule has 0 fully saturated rings. The number of rotatable bonds is 3. The summed E-state index contributed by atoms with van der Waals surface area (Å²) in [4.78, 5) is 10.9. The van der Waals surface area contributed by atoms with Crippen LogP contribution in [0, 0.1) is 20.8 Å². The molecular formula is C13H14N4OS. The van der Waals surface area contributed by atoms with Crippen LogP contribution in [-0.2, 0) is 6.54 Å². The van der Waals surface area contributed by atoms with Crippen molar-refractivity contribution in [3.63, 3.8) is 0 Å². The maximum atomic E-state index is 4.93. The van der Waals surface area contributed by atoms with Crippen LogP contribution in [0.25, 0.3) is 10.2 Å². The molecule has 5 nitrogen and oxygen atoms in total. The molecule has 0 spiro atoms. The van der Waals surface area contributed by atoms with Gasteiger partial charge in [-0.1, -0.05) is 5.16 Å². The molecular weight excluding hydrogens is 260 g/mol. The molecule has 0 radical (unpaired) electrons. The van der Waals surface area contributed by atoms with Gasteiger partial charge < -0.3 is 9.84 Å². The van der Waals surface area contributed by atoms with Crippen molar-refractivity contribution in [3.8, 4) is 0 Å². The smallest absolute Gasteiger partial charge is 0.138 e. The zero-order valence-electron chi connectivity index (χ0n) is 11.0. The number of fused-ring (bicyclic) bond motifs is 1. The summed E-state index contributed by atoms with van der Waals surface area (Å²) < 4.78 is 4.93. The van der Waals surface area contributed by atoms with Crippen LogP contribution in [0.15, 0.2) is 17.1 Å². The Morgan fingerprint density at radius 2 is 2.11 bits per heavy atom. The number of anilines is 1. The van der Waals surface area contributed by atoms with Crippen LogP contribution in [0.3, 0.4) is 0 Å². The Labute approximate surface area is 114 Å². The quantitative estimate of drug-likeness (QED) is 0.794. The summed E-state index contributed by atoms with van der Waals surface area (Å²) in [7, 11) is 0. The number of aryl methyl sites for hydroxylation is 3. The molecule has 0 unspecified atom stereocenters. The third-order valence-electron chi connectivity index (χ3n) is 3.24. The first kappa shape index (κ1) is 12.1. The van der Waals surface area contributed by atoms with Gasteiger partial charge in [0.05, 0.1) is 11.9 Å². The van der Waals surface area contributed by atoms with E-state index in [1.807, 2.05) is 6.92 Å². The second-order valence-electron chi connectivity index (χ2n) is 4.48. The van der Waals surface area contributed by atoms with Gasteiger partial charge in [0.1, 0.15) is 28.9 Å². The second kappa shape index (κ2) is 4.62. The highest BCUT2D eigenvalue weighted by atomic mass is 32.1. The third-order valence-corrected chi connectivity index (χ3v) is 4.35. The summed E-state index contributed by atoms with van der Waals surface area (Å²) in [6.45, 7) is 6.78. The minimum atomic E-state index is 0.600. The minimum Gasteiger partial charge on any atom is -0.364 e. The Balaban J connectivity index is 1.95. The first-order chi connectivity index (χ1) is 9.16. The lowest BCUT2D eigenvalue weighted by atomic mass is 10.2. The number of thiophene rings is 1. The lowest BCUT2D eigenvalue weighted by molar-refractivity contribution is 0.412. The number of aromatic nitrogens is 3. The number of hydrogen-bond donors (Lipinski definition) is 1. The predicted molar refractivity (Wildman–Crippen MR) is 75.5 cm³/mol. The molecule has 1 N–H and O–H groups in total. The third kappa shape index (κ3) is 2.08. The number of nitrogens with zero attached hydrogens (tertiary/aromatic N) is 3. The average molecular weight is 274 g/mol. The highest BCUT2D eigenvalue weighted by Gasteiger charge is 2.12.